The van der Waals surface area contributed by atoms with Gasteiger partial charge in [0.25, 0.3) is 0 Å². The van der Waals surface area contributed by atoms with Crippen LogP contribution in [0, 0.1) is 0 Å². The summed E-state index contributed by atoms with van der Waals surface area (Å²) >= 11 is 1.05. The highest BCUT2D eigenvalue weighted by Gasteiger charge is 2.12. The number of carboxylic acids is 1. The fourth-order valence-electron chi connectivity index (χ4n) is 1.23. The normalized spacial score (nSPS) is 10.2. The Morgan fingerprint density at radius 1 is 1.56 bits per heavy atom. The summed E-state index contributed by atoms with van der Waals surface area (Å²) in [5.41, 5.74) is 0.337. The Morgan fingerprint density at radius 2 is 2.38 bits per heavy atom. The van der Waals surface area contributed by atoms with Crippen LogP contribution in [0.2, 0.25) is 0 Å². The van der Waals surface area contributed by atoms with Crippen molar-refractivity contribution in [1.29, 1.82) is 0 Å². The molecule has 0 atom stereocenters. The van der Waals surface area contributed by atoms with Crippen LogP contribution in [0.5, 0.6) is 0 Å². The summed E-state index contributed by atoms with van der Waals surface area (Å²) in [5, 5.41) is 10.5. The molecule has 82 valence electrons. The molecule has 0 radical (unpaired) electrons. The lowest BCUT2D eigenvalue weighted by atomic mass is 10.2. The van der Waals surface area contributed by atoms with Crippen LogP contribution in [0.1, 0.15) is 16.1 Å². The maximum atomic E-state index is 11.3. The molecule has 0 bridgehead atoms. The summed E-state index contributed by atoms with van der Waals surface area (Å²) < 4.78 is 1.40. The molecule has 0 aliphatic carbocycles. The summed E-state index contributed by atoms with van der Waals surface area (Å²) in [5.74, 6) is -1.10. The van der Waals surface area contributed by atoms with E-state index in [0.717, 1.165) is 11.3 Å². The Morgan fingerprint density at radius 3 is 3.00 bits per heavy atom. The number of hydrogen-bond acceptors (Lipinski definition) is 5. The van der Waals surface area contributed by atoms with Crippen LogP contribution in [0.25, 0.3) is 0 Å². The van der Waals surface area contributed by atoms with Crippen molar-refractivity contribution in [2.45, 2.75) is 6.54 Å². The summed E-state index contributed by atoms with van der Waals surface area (Å²) in [4.78, 5) is 29.5. The molecule has 0 unspecified atom stereocenters. The summed E-state index contributed by atoms with van der Waals surface area (Å²) in [7, 11) is 0. The number of rotatable bonds is 3. The Balaban J connectivity index is 2.39. The van der Waals surface area contributed by atoms with Gasteiger partial charge in [-0.05, 0) is 0 Å². The molecular weight excluding hydrogens is 230 g/mol. The third-order valence-electron chi connectivity index (χ3n) is 1.99. The third kappa shape index (κ3) is 1.98. The molecule has 2 aromatic rings. The average Bonchev–Trinajstić information content (AvgIpc) is 2.65. The Labute approximate surface area is 93.8 Å². The van der Waals surface area contributed by atoms with Gasteiger partial charge in [-0.1, -0.05) is 11.3 Å². The van der Waals surface area contributed by atoms with Crippen molar-refractivity contribution in [3.05, 3.63) is 45.0 Å². The van der Waals surface area contributed by atoms with E-state index in [4.69, 9.17) is 5.11 Å². The fraction of sp³-hybridized carbons (Fsp3) is 0.111. The summed E-state index contributed by atoms with van der Waals surface area (Å²) in [6.45, 7) is 0.145. The number of nitrogens with zero attached hydrogens (tertiary/aromatic N) is 3. The van der Waals surface area contributed by atoms with E-state index in [-0.39, 0.29) is 17.0 Å². The molecule has 7 heteroatoms. The molecule has 2 heterocycles. The first-order valence-electron chi connectivity index (χ1n) is 4.34. The Hall–Kier alpha value is -2.02. The topological polar surface area (TPSA) is 85.1 Å². The zero-order chi connectivity index (χ0) is 11.5. The van der Waals surface area contributed by atoms with Crippen LogP contribution in [-0.2, 0) is 6.54 Å². The van der Waals surface area contributed by atoms with E-state index in [2.05, 4.69) is 9.97 Å². The zero-order valence-corrected chi connectivity index (χ0v) is 8.85. The second kappa shape index (κ2) is 4.23. The molecule has 0 saturated heterocycles. The van der Waals surface area contributed by atoms with Gasteiger partial charge in [0.2, 0.25) is 0 Å². The van der Waals surface area contributed by atoms with Gasteiger partial charge in [0.05, 0.1) is 12.2 Å². The quantitative estimate of drug-likeness (QED) is 0.837. The van der Waals surface area contributed by atoms with Gasteiger partial charge < -0.3 is 5.11 Å². The first-order chi connectivity index (χ1) is 7.68. The van der Waals surface area contributed by atoms with Crippen LogP contribution < -0.4 is 4.87 Å². The molecule has 2 rings (SSSR count). The standard InChI is InChI=1S/C9H7N3O3S/c13-8(14)6-3-10-5-11-7(6)4-12-1-2-16-9(12)15/h1-3,5H,4H2,(H,13,14). The maximum Gasteiger partial charge on any atom is 0.339 e. The van der Waals surface area contributed by atoms with Gasteiger partial charge in [0.1, 0.15) is 11.9 Å². The predicted octanol–water partition coefficient (Wildman–Crippen LogP) is 0.446. The molecule has 0 aliphatic heterocycles. The molecule has 0 spiro atoms. The van der Waals surface area contributed by atoms with Crippen molar-refractivity contribution >= 4 is 17.3 Å². The van der Waals surface area contributed by atoms with Gasteiger partial charge in [-0.3, -0.25) is 9.36 Å². The minimum absolute atomic E-state index is 0.0144. The van der Waals surface area contributed by atoms with Gasteiger partial charge in [-0.25, -0.2) is 14.8 Å². The van der Waals surface area contributed by atoms with Gasteiger partial charge in [-0.15, -0.1) is 0 Å². The van der Waals surface area contributed by atoms with E-state index in [1.807, 2.05) is 0 Å². The first kappa shape index (κ1) is 10.5. The Bertz CT molecular complexity index is 575. The van der Waals surface area contributed by atoms with E-state index in [1.165, 1.54) is 17.1 Å². The monoisotopic (exact) mass is 237 g/mol. The number of carbonyl (C=O) groups is 1. The van der Waals surface area contributed by atoms with Crippen LogP contribution in [0.3, 0.4) is 0 Å². The van der Waals surface area contributed by atoms with E-state index >= 15 is 0 Å². The lowest BCUT2D eigenvalue weighted by molar-refractivity contribution is 0.0694. The zero-order valence-electron chi connectivity index (χ0n) is 8.03. The van der Waals surface area contributed by atoms with E-state index in [9.17, 15) is 9.59 Å². The van der Waals surface area contributed by atoms with Crippen LogP contribution in [-0.4, -0.2) is 25.6 Å². The molecule has 6 nitrogen and oxygen atoms in total. The van der Waals surface area contributed by atoms with Crippen molar-refractivity contribution in [3.8, 4) is 0 Å². The first-order valence-corrected chi connectivity index (χ1v) is 5.22. The second-order valence-electron chi connectivity index (χ2n) is 2.99. The highest BCUT2D eigenvalue weighted by atomic mass is 32.1. The molecule has 0 aromatic carbocycles. The molecule has 0 amide bonds. The van der Waals surface area contributed by atoms with Crippen molar-refractivity contribution in [1.82, 2.24) is 14.5 Å². The van der Waals surface area contributed by atoms with Crippen LogP contribution >= 0.6 is 11.3 Å². The predicted molar refractivity (Wildman–Crippen MR) is 56.7 cm³/mol. The Kier molecular flexibility index (Phi) is 2.78. The fourth-order valence-corrected chi connectivity index (χ4v) is 1.81. The van der Waals surface area contributed by atoms with Crippen LogP contribution in [0.15, 0.2) is 28.9 Å². The number of hydrogen-bond donors (Lipinski definition) is 1. The highest BCUT2D eigenvalue weighted by molar-refractivity contribution is 7.07. The molecule has 1 N–H and O–H groups in total. The van der Waals surface area contributed by atoms with Crippen molar-refractivity contribution in [2.75, 3.05) is 0 Å². The van der Waals surface area contributed by atoms with E-state index in [0.29, 0.717) is 5.69 Å². The van der Waals surface area contributed by atoms with E-state index < -0.39 is 5.97 Å². The molecule has 0 aliphatic rings. The lowest BCUT2D eigenvalue weighted by Gasteiger charge is -2.03. The molecule has 16 heavy (non-hydrogen) atoms. The minimum Gasteiger partial charge on any atom is -0.478 e. The van der Waals surface area contributed by atoms with Crippen molar-refractivity contribution in [3.63, 3.8) is 0 Å². The van der Waals surface area contributed by atoms with Crippen molar-refractivity contribution in [2.24, 2.45) is 0 Å². The number of thiazole rings is 1. The lowest BCUT2D eigenvalue weighted by Crippen LogP contribution is -2.16. The number of aromatic carboxylic acids is 1. The summed E-state index contributed by atoms with van der Waals surface area (Å²) in [6.07, 6.45) is 4.09. The van der Waals surface area contributed by atoms with Gasteiger partial charge >= 0.3 is 10.8 Å². The SMILES string of the molecule is O=C(O)c1cncnc1Cn1ccsc1=O. The molecule has 0 saturated carbocycles. The third-order valence-corrected chi connectivity index (χ3v) is 2.68. The maximum absolute atomic E-state index is 11.3. The van der Waals surface area contributed by atoms with Crippen LogP contribution in [0.4, 0.5) is 0 Å². The van der Waals surface area contributed by atoms with Gasteiger partial charge in [0.15, 0.2) is 0 Å². The average molecular weight is 237 g/mol. The minimum atomic E-state index is -1.10. The molecular formula is C9H7N3O3S. The summed E-state index contributed by atoms with van der Waals surface area (Å²) in [6, 6.07) is 0. The molecule has 2 aromatic heterocycles. The largest absolute Gasteiger partial charge is 0.478 e. The second-order valence-corrected chi connectivity index (χ2v) is 3.84. The number of carboxylic acid groups (broad SMARTS) is 1. The molecule has 0 fully saturated rings. The van der Waals surface area contributed by atoms with E-state index in [1.54, 1.807) is 11.6 Å². The van der Waals surface area contributed by atoms with Gasteiger partial charge in [0, 0.05) is 17.8 Å². The van der Waals surface area contributed by atoms with Crippen molar-refractivity contribution < 1.29 is 9.90 Å². The smallest absolute Gasteiger partial charge is 0.339 e. The van der Waals surface area contributed by atoms with Gasteiger partial charge in [-0.2, -0.15) is 0 Å². The number of aromatic nitrogens is 3. The highest BCUT2D eigenvalue weighted by Crippen LogP contribution is 2.05.